The van der Waals surface area contributed by atoms with E-state index in [0.717, 1.165) is 43.3 Å². The van der Waals surface area contributed by atoms with E-state index in [2.05, 4.69) is 21.4 Å². The molecule has 0 spiro atoms. The summed E-state index contributed by atoms with van der Waals surface area (Å²) in [5, 5.41) is 8.63. The summed E-state index contributed by atoms with van der Waals surface area (Å²) in [6, 6.07) is 10.1. The van der Waals surface area contributed by atoms with Gasteiger partial charge in [-0.25, -0.2) is 14.6 Å². The molecule has 5 rings (SSSR count). The number of hydrogen-bond donors (Lipinski definition) is 0. The van der Waals surface area contributed by atoms with Gasteiger partial charge >= 0.3 is 0 Å². The van der Waals surface area contributed by atoms with Crippen LogP contribution in [0.4, 0.5) is 0 Å². The van der Waals surface area contributed by atoms with E-state index >= 15 is 0 Å². The van der Waals surface area contributed by atoms with Gasteiger partial charge in [0.15, 0.2) is 0 Å². The fourth-order valence-corrected chi connectivity index (χ4v) is 4.39. The summed E-state index contributed by atoms with van der Waals surface area (Å²) in [7, 11) is 0. The quantitative estimate of drug-likeness (QED) is 0.697. The van der Waals surface area contributed by atoms with Crippen LogP contribution in [0.2, 0.25) is 0 Å². The summed E-state index contributed by atoms with van der Waals surface area (Å²) >= 11 is 0. The van der Waals surface area contributed by atoms with Crippen LogP contribution < -0.4 is 0 Å². The van der Waals surface area contributed by atoms with Crippen LogP contribution in [0.15, 0.2) is 42.7 Å². The lowest BCUT2D eigenvalue weighted by Gasteiger charge is -2.28. The van der Waals surface area contributed by atoms with Gasteiger partial charge in [0.2, 0.25) is 0 Å². The third kappa shape index (κ3) is 3.69. The van der Waals surface area contributed by atoms with Crippen molar-refractivity contribution in [3.63, 3.8) is 0 Å². The lowest BCUT2D eigenvalue weighted by molar-refractivity contribution is 0.239. The molecule has 1 aliphatic carbocycles. The molecular weight excluding hydrogens is 348 g/mol. The highest BCUT2D eigenvalue weighted by Gasteiger charge is 2.23. The molecule has 0 bridgehead atoms. The number of rotatable bonds is 4. The lowest BCUT2D eigenvalue weighted by atomic mass is 9.88. The Morgan fingerprint density at radius 2 is 1.89 bits per heavy atom. The topological polar surface area (TPSA) is 59.7 Å². The molecule has 1 saturated carbocycles. The summed E-state index contributed by atoms with van der Waals surface area (Å²) in [6.07, 6.45) is 11.6. The smallest absolute Gasteiger partial charge is 0.131 e. The number of nitrogens with zero attached hydrogens (tertiary/aromatic N) is 6. The predicted octanol–water partition coefficient (Wildman–Crippen LogP) is 3.66. The van der Waals surface area contributed by atoms with Crippen LogP contribution >= 0.6 is 0 Å². The Hall–Kier alpha value is -2.60. The summed E-state index contributed by atoms with van der Waals surface area (Å²) < 4.78 is 1.84. The van der Waals surface area contributed by atoms with E-state index in [1.165, 1.54) is 43.4 Å². The first-order valence-corrected chi connectivity index (χ1v) is 10.4. The van der Waals surface area contributed by atoms with E-state index in [9.17, 15) is 0 Å². The van der Waals surface area contributed by atoms with Crippen LogP contribution in [-0.2, 0) is 19.5 Å². The Kier molecular flexibility index (Phi) is 4.87. The second kappa shape index (κ2) is 7.80. The molecule has 1 aromatic carbocycles. The number of hydrogen-bond acceptors (Lipinski definition) is 5. The molecule has 6 heteroatoms. The van der Waals surface area contributed by atoms with Gasteiger partial charge in [0.25, 0.3) is 0 Å². The number of fused-ring (bicyclic) bond motifs is 1. The molecule has 1 aliphatic heterocycles. The van der Waals surface area contributed by atoms with Crippen molar-refractivity contribution in [2.75, 3.05) is 6.54 Å². The minimum Gasteiger partial charge on any atom is -0.293 e. The third-order valence-corrected chi connectivity index (χ3v) is 5.95. The van der Waals surface area contributed by atoms with E-state index < -0.39 is 0 Å². The fraction of sp³-hybridized carbons (Fsp3) is 0.455. The molecule has 3 aromatic rings. The summed E-state index contributed by atoms with van der Waals surface area (Å²) in [6.45, 7) is 2.70. The molecule has 0 radical (unpaired) electrons. The zero-order valence-electron chi connectivity index (χ0n) is 16.2. The molecule has 1 fully saturated rings. The molecule has 0 amide bonds. The predicted molar refractivity (Wildman–Crippen MR) is 107 cm³/mol. The minimum atomic E-state index is 0.574. The lowest BCUT2D eigenvalue weighted by Crippen LogP contribution is -2.31. The van der Waals surface area contributed by atoms with Gasteiger partial charge in [-0.3, -0.25) is 4.90 Å². The highest BCUT2D eigenvalue weighted by molar-refractivity contribution is 5.30. The van der Waals surface area contributed by atoms with Crippen molar-refractivity contribution in [2.24, 2.45) is 0 Å². The first kappa shape index (κ1) is 17.5. The molecule has 0 saturated heterocycles. The Morgan fingerprint density at radius 1 is 1.04 bits per heavy atom. The van der Waals surface area contributed by atoms with Gasteiger partial charge < -0.3 is 0 Å². The molecule has 28 heavy (non-hydrogen) atoms. The molecule has 0 unspecified atom stereocenters. The van der Waals surface area contributed by atoms with Gasteiger partial charge in [0.1, 0.15) is 5.82 Å². The third-order valence-electron chi connectivity index (χ3n) is 5.95. The van der Waals surface area contributed by atoms with Crippen LogP contribution in [0, 0.1) is 0 Å². The Labute approximate surface area is 165 Å². The number of aromatic nitrogens is 5. The van der Waals surface area contributed by atoms with Crippen molar-refractivity contribution in [3.05, 3.63) is 65.5 Å². The van der Waals surface area contributed by atoms with Crippen LogP contribution in [0.25, 0.3) is 5.69 Å². The Bertz CT molecular complexity index is 929. The van der Waals surface area contributed by atoms with Crippen LogP contribution in [0.1, 0.15) is 60.8 Å². The zero-order chi connectivity index (χ0) is 18.8. The molecule has 0 N–H and O–H groups in total. The Morgan fingerprint density at radius 3 is 2.75 bits per heavy atom. The van der Waals surface area contributed by atoms with Crippen molar-refractivity contribution in [1.82, 2.24) is 29.9 Å². The minimum absolute atomic E-state index is 0.574. The van der Waals surface area contributed by atoms with Gasteiger partial charge in [0, 0.05) is 49.4 Å². The summed E-state index contributed by atoms with van der Waals surface area (Å²) in [5.74, 6) is 1.66. The summed E-state index contributed by atoms with van der Waals surface area (Å²) in [5.41, 5.74) is 4.54. The van der Waals surface area contributed by atoms with Crippen molar-refractivity contribution >= 4 is 0 Å². The standard InChI is InChI=1S/C22H26N6/c1-3-7-17(8-4-1)22-23-13-18-14-27(12-11-21(18)24-22)15-19-16-28(26-25-19)20-9-5-2-6-10-20/h2,5-6,9-10,13,16-17H,1,3-4,7-8,11-12,14-15H2. The molecule has 2 aliphatic rings. The highest BCUT2D eigenvalue weighted by atomic mass is 15.4. The average Bonchev–Trinajstić information content (AvgIpc) is 3.23. The number of benzene rings is 1. The van der Waals surface area contributed by atoms with Gasteiger partial charge in [-0.2, -0.15) is 0 Å². The SMILES string of the molecule is c1ccc(-n2cc(CN3CCc4nc(C5CCCCC5)ncc4C3)nn2)cc1. The van der Waals surface area contributed by atoms with Crippen molar-refractivity contribution in [2.45, 2.75) is 57.5 Å². The number of para-hydroxylation sites is 1. The highest BCUT2D eigenvalue weighted by Crippen LogP contribution is 2.31. The van der Waals surface area contributed by atoms with Gasteiger partial charge in [-0.1, -0.05) is 42.7 Å². The normalized spacial score (nSPS) is 18.1. The monoisotopic (exact) mass is 374 g/mol. The van der Waals surface area contributed by atoms with Crippen molar-refractivity contribution in [1.29, 1.82) is 0 Å². The van der Waals surface area contributed by atoms with E-state index in [1.807, 2.05) is 41.2 Å². The van der Waals surface area contributed by atoms with E-state index in [1.54, 1.807) is 0 Å². The molecule has 2 aromatic heterocycles. The molecule has 0 atom stereocenters. The van der Waals surface area contributed by atoms with E-state index in [4.69, 9.17) is 9.97 Å². The maximum atomic E-state index is 4.95. The first-order chi connectivity index (χ1) is 13.8. The van der Waals surface area contributed by atoms with Crippen LogP contribution in [0.3, 0.4) is 0 Å². The van der Waals surface area contributed by atoms with Crippen molar-refractivity contribution in [3.8, 4) is 5.69 Å². The van der Waals surface area contributed by atoms with Gasteiger partial charge in [-0.05, 0) is 25.0 Å². The average molecular weight is 374 g/mol. The zero-order valence-corrected chi connectivity index (χ0v) is 16.2. The van der Waals surface area contributed by atoms with Gasteiger partial charge in [-0.15, -0.1) is 5.10 Å². The molecule has 144 valence electrons. The molecule has 3 heterocycles. The van der Waals surface area contributed by atoms with Gasteiger partial charge in [0.05, 0.1) is 17.6 Å². The van der Waals surface area contributed by atoms with E-state index in [0.29, 0.717) is 5.92 Å². The van der Waals surface area contributed by atoms with Crippen molar-refractivity contribution < 1.29 is 0 Å². The molecule has 6 nitrogen and oxygen atoms in total. The van der Waals surface area contributed by atoms with Crippen LogP contribution in [0.5, 0.6) is 0 Å². The second-order valence-electron chi connectivity index (χ2n) is 7.99. The fourth-order valence-electron chi connectivity index (χ4n) is 4.39. The largest absolute Gasteiger partial charge is 0.293 e. The van der Waals surface area contributed by atoms with Crippen LogP contribution in [-0.4, -0.2) is 36.4 Å². The molecular formula is C22H26N6. The second-order valence-corrected chi connectivity index (χ2v) is 7.99. The van der Waals surface area contributed by atoms with E-state index in [-0.39, 0.29) is 0 Å². The first-order valence-electron chi connectivity index (χ1n) is 10.4. The maximum absolute atomic E-state index is 4.95. The Balaban J connectivity index is 1.25. The maximum Gasteiger partial charge on any atom is 0.131 e. The summed E-state index contributed by atoms with van der Waals surface area (Å²) in [4.78, 5) is 12.1.